The molecule has 1 atom stereocenters. The van der Waals surface area contributed by atoms with Gasteiger partial charge in [-0.15, -0.1) is 0 Å². The van der Waals surface area contributed by atoms with E-state index in [0.29, 0.717) is 6.54 Å². The first-order chi connectivity index (χ1) is 11.3. The Bertz CT molecular complexity index is 675. The molecule has 0 aromatic carbocycles. The molecule has 1 fully saturated rings. The summed E-state index contributed by atoms with van der Waals surface area (Å²) in [5, 5.41) is 0. The predicted molar refractivity (Wildman–Crippen MR) is 87.6 cm³/mol. The number of pyridine rings is 1. The Morgan fingerprint density at radius 2 is 1.96 bits per heavy atom. The van der Waals surface area contributed by atoms with Crippen LogP contribution in [0, 0.1) is 0 Å². The van der Waals surface area contributed by atoms with Crippen molar-refractivity contribution in [1.82, 2.24) is 19.4 Å². The van der Waals surface area contributed by atoms with Gasteiger partial charge in [0, 0.05) is 37.4 Å². The minimum Gasteiger partial charge on any atom is -0.348 e. The SMILES string of the molecule is O=C([C@H](c1cccnc1)N1CCCC1)N1CCn2cccc2C1. The smallest absolute Gasteiger partial charge is 0.245 e. The fraction of sp³-hybridized carbons (Fsp3) is 0.444. The van der Waals surface area contributed by atoms with Gasteiger partial charge in [-0.05, 0) is 49.7 Å². The second-order valence-corrected chi connectivity index (χ2v) is 6.38. The number of amides is 1. The monoisotopic (exact) mass is 310 g/mol. The summed E-state index contributed by atoms with van der Waals surface area (Å²) in [5.41, 5.74) is 2.23. The van der Waals surface area contributed by atoms with Gasteiger partial charge in [0.1, 0.15) is 6.04 Å². The second-order valence-electron chi connectivity index (χ2n) is 6.38. The highest BCUT2D eigenvalue weighted by Crippen LogP contribution is 2.28. The van der Waals surface area contributed by atoms with Crippen LogP contribution in [0.15, 0.2) is 42.9 Å². The number of rotatable bonds is 3. The van der Waals surface area contributed by atoms with E-state index in [2.05, 4.69) is 32.8 Å². The molecule has 1 amide bonds. The predicted octanol–water partition coefficient (Wildman–Crippen LogP) is 2.06. The minimum absolute atomic E-state index is 0.187. The van der Waals surface area contributed by atoms with Crippen molar-refractivity contribution in [1.29, 1.82) is 0 Å². The summed E-state index contributed by atoms with van der Waals surface area (Å²) < 4.78 is 2.23. The Hall–Kier alpha value is -2.14. The molecule has 0 spiro atoms. The van der Waals surface area contributed by atoms with Gasteiger partial charge in [-0.25, -0.2) is 0 Å². The lowest BCUT2D eigenvalue weighted by Crippen LogP contribution is -2.45. The highest BCUT2D eigenvalue weighted by Gasteiger charge is 2.34. The Morgan fingerprint density at radius 1 is 1.09 bits per heavy atom. The molecular weight excluding hydrogens is 288 g/mol. The van der Waals surface area contributed by atoms with Crippen molar-refractivity contribution in [2.24, 2.45) is 0 Å². The third-order valence-electron chi connectivity index (χ3n) is 4.94. The summed E-state index contributed by atoms with van der Waals surface area (Å²) in [6, 6.07) is 7.93. The molecule has 2 aromatic heterocycles. The van der Waals surface area contributed by atoms with E-state index in [9.17, 15) is 4.79 Å². The molecule has 0 saturated carbocycles. The minimum atomic E-state index is -0.187. The molecule has 5 heteroatoms. The Kier molecular flexibility index (Phi) is 3.87. The fourth-order valence-corrected chi connectivity index (χ4v) is 3.72. The van der Waals surface area contributed by atoms with Crippen LogP contribution in [-0.2, 0) is 17.9 Å². The first-order valence-electron chi connectivity index (χ1n) is 8.40. The van der Waals surface area contributed by atoms with E-state index < -0.39 is 0 Å². The maximum Gasteiger partial charge on any atom is 0.245 e. The second kappa shape index (κ2) is 6.16. The van der Waals surface area contributed by atoms with Gasteiger partial charge in [-0.1, -0.05) is 6.07 Å². The van der Waals surface area contributed by atoms with Crippen LogP contribution in [0.25, 0.3) is 0 Å². The van der Waals surface area contributed by atoms with Gasteiger partial charge in [-0.2, -0.15) is 0 Å². The molecule has 0 aliphatic carbocycles. The van der Waals surface area contributed by atoms with Gasteiger partial charge in [0.25, 0.3) is 0 Å². The molecule has 1 saturated heterocycles. The van der Waals surface area contributed by atoms with Crippen LogP contribution in [0.1, 0.15) is 30.1 Å². The summed E-state index contributed by atoms with van der Waals surface area (Å²) in [5.74, 6) is 0.215. The van der Waals surface area contributed by atoms with Gasteiger partial charge in [0.2, 0.25) is 5.91 Å². The molecule has 4 heterocycles. The lowest BCUT2D eigenvalue weighted by Gasteiger charge is -2.35. The normalized spacial score (nSPS) is 19.6. The summed E-state index contributed by atoms with van der Waals surface area (Å²) >= 11 is 0. The lowest BCUT2D eigenvalue weighted by atomic mass is 10.1. The number of nitrogens with zero attached hydrogens (tertiary/aromatic N) is 4. The Labute approximate surface area is 136 Å². The third-order valence-corrected chi connectivity index (χ3v) is 4.94. The van der Waals surface area contributed by atoms with Crippen LogP contribution < -0.4 is 0 Å². The number of likely N-dealkylation sites (tertiary alicyclic amines) is 1. The van der Waals surface area contributed by atoms with E-state index >= 15 is 0 Å². The summed E-state index contributed by atoms with van der Waals surface area (Å²) in [7, 11) is 0. The van der Waals surface area contributed by atoms with E-state index in [0.717, 1.165) is 31.7 Å². The highest BCUT2D eigenvalue weighted by atomic mass is 16.2. The lowest BCUT2D eigenvalue weighted by molar-refractivity contribution is -0.138. The average molecular weight is 310 g/mol. The standard InChI is InChI=1S/C18H22N4O/c23-18(22-12-11-20-10-4-6-16(20)14-22)17(21-8-1-2-9-21)15-5-3-7-19-13-15/h3-7,10,13,17H,1-2,8-9,11-12,14H2/t17-/m0/s1. The molecule has 2 aliphatic rings. The van der Waals surface area contributed by atoms with E-state index in [-0.39, 0.29) is 11.9 Å². The molecule has 120 valence electrons. The zero-order chi connectivity index (χ0) is 15.6. The molecule has 0 radical (unpaired) electrons. The van der Waals surface area contributed by atoms with Crippen molar-refractivity contribution in [3.8, 4) is 0 Å². The van der Waals surface area contributed by atoms with Crippen molar-refractivity contribution in [3.05, 3.63) is 54.1 Å². The molecule has 4 rings (SSSR count). The topological polar surface area (TPSA) is 41.4 Å². The Balaban J connectivity index is 1.60. The molecule has 5 nitrogen and oxygen atoms in total. The van der Waals surface area contributed by atoms with Crippen LogP contribution in [0.3, 0.4) is 0 Å². The molecule has 23 heavy (non-hydrogen) atoms. The quantitative estimate of drug-likeness (QED) is 0.871. The molecular formula is C18H22N4O. The van der Waals surface area contributed by atoms with Crippen LogP contribution in [-0.4, -0.2) is 44.9 Å². The maximum absolute atomic E-state index is 13.3. The highest BCUT2D eigenvalue weighted by molar-refractivity contribution is 5.83. The van der Waals surface area contributed by atoms with Crippen molar-refractivity contribution < 1.29 is 4.79 Å². The summed E-state index contributed by atoms with van der Waals surface area (Å²) in [6.45, 7) is 4.36. The van der Waals surface area contributed by atoms with Crippen LogP contribution >= 0.6 is 0 Å². The zero-order valence-electron chi connectivity index (χ0n) is 13.3. The molecule has 0 bridgehead atoms. The first-order valence-corrected chi connectivity index (χ1v) is 8.40. The number of carbonyl (C=O) groups is 1. The van der Waals surface area contributed by atoms with Crippen LogP contribution in [0.4, 0.5) is 0 Å². The largest absolute Gasteiger partial charge is 0.348 e. The van der Waals surface area contributed by atoms with Crippen LogP contribution in [0.5, 0.6) is 0 Å². The van der Waals surface area contributed by atoms with Gasteiger partial charge < -0.3 is 9.47 Å². The number of hydrogen-bond acceptors (Lipinski definition) is 3. The third kappa shape index (κ3) is 2.77. The Morgan fingerprint density at radius 3 is 2.74 bits per heavy atom. The fourth-order valence-electron chi connectivity index (χ4n) is 3.72. The van der Waals surface area contributed by atoms with Crippen molar-refractivity contribution >= 4 is 5.91 Å². The van der Waals surface area contributed by atoms with Gasteiger partial charge in [0.05, 0.1) is 6.54 Å². The molecule has 0 unspecified atom stereocenters. The van der Waals surface area contributed by atoms with Crippen molar-refractivity contribution in [3.63, 3.8) is 0 Å². The van der Waals surface area contributed by atoms with E-state index in [1.807, 2.05) is 23.2 Å². The molecule has 2 aromatic rings. The number of hydrogen-bond donors (Lipinski definition) is 0. The van der Waals surface area contributed by atoms with E-state index in [1.165, 1.54) is 18.5 Å². The van der Waals surface area contributed by atoms with Gasteiger partial charge >= 0.3 is 0 Å². The number of aromatic nitrogens is 2. The van der Waals surface area contributed by atoms with Gasteiger partial charge in [0.15, 0.2) is 0 Å². The average Bonchev–Trinajstić information content (AvgIpc) is 3.27. The number of fused-ring (bicyclic) bond motifs is 1. The first kappa shape index (κ1) is 14.5. The van der Waals surface area contributed by atoms with E-state index in [4.69, 9.17) is 0 Å². The zero-order valence-corrected chi connectivity index (χ0v) is 13.3. The van der Waals surface area contributed by atoms with Crippen LogP contribution in [0.2, 0.25) is 0 Å². The maximum atomic E-state index is 13.3. The number of carbonyl (C=O) groups excluding carboxylic acids is 1. The molecule has 2 aliphatic heterocycles. The molecule has 0 N–H and O–H groups in total. The summed E-state index contributed by atoms with van der Waals surface area (Å²) in [6.07, 6.45) is 8.05. The van der Waals surface area contributed by atoms with Gasteiger partial charge in [-0.3, -0.25) is 14.7 Å². The van der Waals surface area contributed by atoms with E-state index in [1.54, 1.807) is 6.20 Å². The summed E-state index contributed by atoms with van der Waals surface area (Å²) in [4.78, 5) is 21.8. The van der Waals surface area contributed by atoms with Crippen molar-refractivity contribution in [2.75, 3.05) is 19.6 Å². The van der Waals surface area contributed by atoms with Crippen molar-refractivity contribution in [2.45, 2.75) is 32.0 Å².